The van der Waals surface area contributed by atoms with Gasteiger partial charge in [0.25, 0.3) is 0 Å². The van der Waals surface area contributed by atoms with Gasteiger partial charge in [0.15, 0.2) is 6.29 Å². The summed E-state index contributed by atoms with van der Waals surface area (Å²) in [4.78, 5) is 25.1. The van der Waals surface area contributed by atoms with E-state index in [1.165, 1.54) is 205 Å². The van der Waals surface area contributed by atoms with Crippen molar-refractivity contribution in [2.24, 2.45) is 0 Å². The molecule has 0 bridgehead atoms. The van der Waals surface area contributed by atoms with E-state index in [2.05, 4.69) is 31.3 Å². The van der Waals surface area contributed by atoms with Gasteiger partial charge in [0.05, 0.1) is 32.0 Å². The summed E-state index contributed by atoms with van der Waals surface area (Å²) in [6, 6.07) is -0.809. The number of unbranched alkanes of at least 4 members (excludes halogenated alkanes) is 38. The van der Waals surface area contributed by atoms with E-state index in [9.17, 15) is 35.1 Å². The Morgan fingerprint density at radius 3 is 1.32 bits per heavy atom. The zero-order valence-corrected chi connectivity index (χ0v) is 47.4. The van der Waals surface area contributed by atoms with Crippen molar-refractivity contribution in [1.82, 2.24) is 5.32 Å². The number of carbonyl (C=O) groups excluding carboxylic acids is 2. The van der Waals surface area contributed by atoms with Gasteiger partial charge in [-0.05, 0) is 57.8 Å². The van der Waals surface area contributed by atoms with E-state index >= 15 is 0 Å². The summed E-state index contributed by atoms with van der Waals surface area (Å²) in [5.41, 5.74) is 0. The highest BCUT2D eigenvalue weighted by Crippen LogP contribution is 2.23. The fraction of sp³-hybridized carbons (Fsp3) is 0.903. The van der Waals surface area contributed by atoms with Crippen LogP contribution in [-0.2, 0) is 23.8 Å². The Kier molecular flexibility index (Phi) is 49.5. The molecule has 73 heavy (non-hydrogen) atoms. The molecular formula is C62H117NO10. The molecule has 0 aromatic heterocycles. The van der Waals surface area contributed by atoms with E-state index < -0.39 is 49.5 Å². The lowest BCUT2D eigenvalue weighted by atomic mass is 9.99. The molecule has 1 aliphatic rings. The summed E-state index contributed by atoms with van der Waals surface area (Å²) in [5.74, 6) is -0.193. The molecule has 1 heterocycles. The number of nitrogens with one attached hydrogen (secondary N) is 1. The molecule has 0 radical (unpaired) electrons. The molecule has 1 saturated heterocycles. The molecule has 6 N–H and O–H groups in total. The Balaban J connectivity index is 1.98. The summed E-state index contributed by atoms with van der Waals surface area (Å²) in [6.45, 7) is 4.31. The van der Waals surface area contributed by atoms with Crippen molar-refractivity contribution in [3.63, 3.8) is 0 Å². The van der Waals surface area contributed by atoms with Gasteiger partial charge in [-0.2, -0.15) is 0 Å². The highest BCUT2D eigenvalue weighted by molar-refractivity contribution is 5.76. The highest BCUT2D eigenvalue weighted by atomic mass is 16.7. The predicted octanol–water partition coefficient (Wildman–Crippen LogP) is 14.5. The lowest BCUT2D eigenvalue weighted by molar-refractivity contribution is -0.302. The molecule has 11 nitrogen and oxygen atoms in total. The molecule has 11 heteroatoms. The Hall–Kier alpha value is -1.86. The van der Waals surface area contributed by atoms with Crippen LogP contribution in [0.5, 0.6) is 0 Å². The normalized spacial score (nSPS) is 19.0. The molecular weight excluding hydrogens is 919 g/mol. The van der Waals surface area contributed by atoms with Gasteiger partial charge < -0.3 is 45.1 Å². The van der Waals surface area contributed by atoms with Gasteiger partial charge in [0.2, 0.25) is 5.91 Å². The number of esters is 1. The van der Waals surface area contributed by atoms with Crippen molar-refractivity contribution in [3.05, 3.63) is 24.3 Å². The van der Waals surface area contributed by atoms with Crippen LogP contribution < -0.4 is 5.32 Å². The van der Waals surface area contributed by atoms with E-state index in [4.69, 9.17) is 14.2 Å². The van der Waals surface area contributed by atoms with E-state index in [1.54, 1.807) is 6.08 Å². The summed E-state index contributed by atoms with van der Waals surface area (Å²) in [6.07, 6.45) is 52.9. The minimum Gasteiger partial charge on any atom is -0.466 e. The molecule has 0 saturated carbocycles. The molecule has 0 aromatic carbocycles. The van der Waals surface area contributed by atoms with Crippen molar-refractivity contribution in [2.75, 3.05) is 19.8 Å². The topological polar surface area (TPSA) is 175 Å². The van der Waals surface area contributed by atoms with Crippen LogP contribution in [0.2, 0.25) is 0 Å². The molecule has 1 aliphatic heterocycles. The average molecular weight is 1040 g/mol. The zero-order valence-electron chi connectivity index (χ0n) is 47.4. The average Bonchev–Trinajstić information content (AvgIpc) is 3.39. The third kappa shape index (κ3) is 41.9. The SMILES string of the molecule is CCCCCCCC/C=C\CCCCCCCC(=O)OCCCCCCCCCCCCCCCCCCCCCCCC(=O)NC(COC1OC(CO)C(O)C(O)C1O)C(O)/C=C/CCCCCCCCC. The van der Waals surface area contributed by atoms with Gasteiger partial charge in [-0.25, -0.2) is 0 Å². The predicted molar refractivity (Wildman–Crippen MR) is 301 cm³/mol. The Labute approximate surface area is 448 Å². The molecule has 0 aromatic rings. The van der Waals surface area contributed by atoms with E-state index in [-0.39, 0.29) is 18.5 Å². The summed E-state index contributed by atoms with van der Waals surface area (Å²) >= 11 is 0. The van der Waals surface area contributed by atoms with Crippen LogP contribution in [0.25, 0.3) is 0 Å². The summed E-state index contributed by atoms with van der Waals surface area (Å²) < 4.78 is 16.7. The summed E-state index contributed by atoms with van der Waals surface area (Å²) in [5, 5.41) is 54.2. The number of ether oxygens (including phenoxy) is 3. The first-order valence-electron chi connectivity index (χ1n) is 31.1. The Morgan fingerprint density at radius 1 is 0.493 bits per heavy atom. The maximum absolute atomic E-state index is 13.0. The monoisotopic (exact) mass is 1040 g/mol. The number of hydrogen-bond acceptors (Lipinski definition) is 10. The number of hydrogen-bond donors (Lipinski definition) is 6. The van der Waals surface area contributed by atoms with Crippen molar-refractivity contribution in [3.8, 4) is 0 Å². The first-order valence-corrected chi connectivity index (χ1v) is 31.1. The van der Waals surface area contributed by atoms with Crippen LogP contribution in [0.3, 0.4) is 0 Å². The van der Waals surface area contributed by atoms with Gasteiger partial charge >= 0.3 is 5.97 Å². The third-order valence-corrected chi connectivity index (χ3v) is 14.8. The fourth-order valence-electron chi connectivity index (χ4n) is 9.84. The second kappa shape index (κ2) is 52.2. The van der Waals surface area contributed by atoms with Crippen LogP contribution in [0, 0.1) is 0 Å². The van der Waals surface area contributed by atoms with Crippen LogP contribution in [0.1, 0.15) is 296 Å². The molecule has 430 valence electrons. The standard InChI is InChI=1S/C62H117NO10/c1-3-5-7-9-11-13-14-15-23-27-30-34-38-42-46-50-58(67)71-51-47-43-39-35-31-28-25-22-20-18-16-17-19-21-24-26-29-33-37-41-45-49-57(66)63-54(55(65)48-44-40-36-32-12-10-8-6-4-2)53-72-62-61(70)60(69)59(68)56(52-64)73-62/h15,23,44,48,54-56,59-62,64-65,68-70H,3-14,16-22,24-43,45-47,49-53H2,1-2H3,(H,63,66)/b23-15-,48-44+. The number of rotatable bonds is 54. The van der Waals surface area contributed by atoms with Crippen molar-refractivity contribution in [1.29, 1.82) is 0 Å². The van der Waals surface area contributed by atoms with Gasteiger partial charge in [0, 0.05) is 12.8 Å². The van der Waals surface area contributed by atoms with Gasteiger partial charge in [-0.3, -0.25) is 9.59 Å². The molecule has 7 unspecified atom stereocenters. The summed E-state index contributed by atoms with van der Waals surface area (Å²) in [7, 11) is 0. The molecule has 0 spiro atoms. The van der Waals surface area contributed by atoms with Crippen molar-refractivity contribution in [2.45, 2.75) is 339 Å². The van der Waals surface area contributed by atoms with E-state index in [0.717, 1.165) is 64.2 Å². The van der Waals surface area contributed by atoms with E-state index in [0.29, 0.717) is 19.4 Å². The third-order valence-electron chi connectivity index (χ3n) is 14.8. The highest BCUT2D eigenvalue weighted by Gasteiger charge is 2.44. The molecule has 7 atom stereocenters. The lowest BCUT2D eigenvalue weighted by Gasteiger charge is -2.40. The first kappa shape index (κ1) is 69.2. The van der Waals surface area contributed by atoms with Crippen molar-refractivity contribution < 1.29 is 49.3 Å². The second-order valence-corrected chi connectivity index (χ2v) is 21.8. The van der Waals surface area contributed by atoms with Crippen LogP contribution >= 0.6 is 0 Å². The Bertz CT molecular complexity index is 1260. The molecule has 0 aliphatic carbocycles. The number of carbonyl (C=O) groups is 2. The smallest absolute Gasteiger partial charge is 0.305 e. The van der Waals surface area contributed by atoms with Gasteiger partial charge in [-0.15, -0.1) is 0 Å². The first-order chi connectivity index (χ1) is 35.7. The minimum absolute atomic E-state index is 0.00897. The van der Waals surface area contributed by atoms with Crippen LogP contribution in [0.4, 0.5) is 0 Å². The number of amides is 1. The van der Waals surface area contributed by atoms with Gasteiger partial charge in [0.1, 0.15) is 24.4 Å². The largest absolute Gasteiger partial charge is 0.466 e. The van der Waals surface area contributed by atoms with Gasteiger partial charge in [-0.1, -0.05) is 250 Å². The Morgan fingerprint density at radius 2 is 0.877 bits per heavy atom. The maximum atomic E-state index is 13.0. The minimum atomic E-state index is -1.57. The fourth-order valence-corrected chi connectivity index (χ4v) is 9.84. The molecule has 1 amide bonds. The maximum Gasteiger partial charge on any atom is 0.305 e. The number of allylic oxidation sites excluding steroid dienone is 3. The lowest BCUT2D eigenvalue weighted by Crippen LogP contribution is -2.60. The van der Waals surface area contributed by atoms with E-state index in [1.807, 2.05) is 6.08 Å². The molecule has 1 fully saturated rings. The van der Waals surface area contributed by atoms with Crippen LogP contribution in [0.15, 0.2) is 24.3 Å². The number of aliphatic hydroxyl groups excluding tert-OH is 5. The quantitative estimate of drug-likeness (QED) is 0.0195. The molecule has 1 rings (SSSR count). The zero-order chi connectivity index (χ0) is 53.1. The van der Waals surface area contributed by atoms with Crippen LogP contribution in [-0.4, -0.2) is 100 Å². The van der Waals surface area contributed by atoms with Crippen molar-refractivity contribution >= 4 is 11.9 Å². The number of aliphatic hydroxyl groups is 5. The second-order valence-electron chi connectivity index (χ2n) is 21.8.